The molecule has 3 saturated heterocycles. The van der Waals surface area contributed by atoms with Crippen LogP contribution in [0.3, 0.4) is 0 Å². The van der Waals surface area contributed by atoms with Crippen LogP contribution in [0, 0.1) is 11.8 Å². The molecule has 2 aromatic rings. The maximum atomic E-state index is 13.5. The van der Waals surface area contributed by atoms with Crippen molar-refractivity contribution in [2.75, 3.05) is 45.6 Å². The average Bonchev–Trinajstić information content (AvgIpc) is 3.63. The molecular weight excluding hydrogens is 573 g/mol. The quantitative estimate of drug-likeness (QED) is 0.377. The maximum Gasteiger partial charge on any atom is 0.238 e. The first-order valence-electron chi connectivity index (χ1n) is 14.6. The first kappa shape index (κ1) is 31.1. The predicted molar refractivity (Wildman–Crippen MR) is 160 cm³/mol. The van der Waals surface area contributed by atoms with Crippen molar-refractivity contribution < 1.29 is 27.1 Å². The first-order chi connectivity index (χ1) is 20.6. The van der Waals surface area contributed by atoms with Crippen molar-refractivity contribution in [1.82, 2.24) is 25.2 Å². The van der Waals surface area contributed by atoms with E-state index in [9.17, 15) is 22.4 Å². The molecule has 3 heterocycles. The van der Waals surface area contributed by atoms with Crippen LogP contribution < -0.4 is 16.0 Å². The van der Waals surface area contributed by atoms with Gasteiger partial charge in [-0.05, 0) is 41.8 Å². The van der Waals surface area contributed by atoms with Crippen molar-refractivity contribution in [2.24, 2.45) is 0 Å². The van der Waals surface area contributed by atoms with Crippen LogP contribution in [0.5, 0.6) is 0 Å². The molecule has 0 unspecified atom stereocenters. The molecular formula is C31H38FN5O5S. The van der Waals surface area contributed by atoms with Crippen LogP contribution in [0.25, 0.3) is 0 Å². The van der Waals surface area contributed by atoms with Gasteiger partial charge in [-0.3, -0.25) is 14.5 Å². The second kappa shape index (κ2) is 14.0. The summed E-state index contributed by atoms with van der Waals surface area (Å²) < 4.78 is 44.8. The Labute approximate surface area is 252 Å². The predicted octanol–water partition coefficient (Wildman–Crippen LogP) is 0.754. The van der Waals surface area contributed by atoms with E-state index in [2.05, 4.69) is 44.8 Å². The minimum Gasteiger partial charge on any atom is -0.379 e. The van der Waals surface area contributed by atoms with Crippen LogP contribution in [0.2, 0.25) is 0 Å². The fourth-order valence-electron chi connectivity index (χ4n) is 5.58. The Bertz CT molecular complexity index is 1450. The topological polar surface area (TPSA) is 120 Å². The Hall–Kier alpha value is -3.34. The van der Waals surface area contributed by atoms with Gasteiger partial charge in [0.25, 0.3) is 0 Å². The number of benzene rings is 2. The highest BCUT2D eigenvalue weighted by Crippen LogP contribution is 2.22. The van der Waals surface area contributed by atoms with Gasteiger partial charge in [0.15, 0.2) is 0 Å². The highest BCUT2D eigenvalue weighted by Gasteiger charge is 2.43. The van der Waals surface area contributed by atoms with Crippen molar-refractivity contribution in [3.05, 3.63) is 70.8 Å². The third kappa shape index (κ3) is 8.61. The van der Waals surface area contributed by atoms with Gasteiger partial charge in [-0.25, -0.2) is 12.8 Å². The summed E-state index contributed by atoms with van der Waals surface area (Å²) >= 11 is 0. The largest absolute Gasteiger partial charge is 0.379 e. The van der Waals surface area contributed by atoms with E-state index in [1.165, 1.54) is 5.56 Å². The molecule has 10 nitrogen and oxygen atoms in total. The lowest BCUT2D eigenvalue weighted by molar-refractivity contribution is -0.125. The number of hydrogen-bond acceptors (Lipinski definition) is 7. The second-order valence-corrected chi connectivity index (χ2v) is 13.3. The van der Waals surface area contributed by atoms with Gasteiger partial charge in [0.1, 0.15) is 12.2 Å². The van der Waals surface area contributed by atoms with E-state index < -0.39 is 40.2 Å². The molecule has 230 valence electrons. The number of nitrogens with zero attached hydrogens (tertiary/aromatic N) is 2. The zero-order valence-electron chi connectivity index (χ0n) is 24.2. The summed E-state index contributed by atoms with van der Waals surface area (Å²) in [4.78, 5) is 27.9. The molecule has 2 amide bonds. The minimum absolute atomic E-state index is 0.0155. The Morgan fingerprint density at radius 1 is 0.977 bits per heavy atom. The maximum absolute atomic E-state index is 13.5. The lowest BCUT2D eigenvalue weighted by Crippen LogP contribution is -2.46. The normalized spacial score (nSPS) is 24.7. The van der Waals surface area contributed by atoms with Crippen LogP contribution in [0.1, 0.15) is 35.1 Å². The number of rotatable bonds is 8. The third-order valence-electron chi connectivity index (χ3n) is 7.96. The number of sulfonamides is 1. The molecule has 3 fully saturated rings. The SMILES string of the molecule is CS(=O)(=O)N1C[C@H](NC(=O)[C@@H]2C[C@H](F)CN2)C[C@@H]1C(=O)NCc1ccc(C#Cc2ccc(CN3CCOCC3)cc2)cc1. The summed E-state index contributed by atoms with van der Waals surface area (Å²) in [6.45, 7) is 4.67. The van der Waals surface area contributed by atoms with Crippen molar-refractivity contribution in [1.29, 1.82) is 0 Å². The van der Waals surface area contributed by atoms with Crippen LogP contribution >= 0.6 is 0 Å². The summed E-state index contributed by atoms with van der Waals surface area (Å²) in [7, 11) is -3.70. The molecule has 0 radical (unpaired) electrons. The highest BCUT2D eigenvalue weighted by atomic mass is 32.2. The monoisotopic (exact) mass is 611 g/mol. The fourth-order valence-corrected chi connectivity index (χ4v) is 6.67. The summed E-state index contributed by atoms with van der Waals surface area (Å²) in [6.07, 6.45) is 0.170. The van der Waals surface area contributed by atoms with Gasteiger partial charge in [0.2, 0.25) is 21.8 Å². The van der Waals surface area contributed by atoms with Gasteiger partial charge < -0.3 is 20.7 Å². The molecule has 0 aliphatic carbocycles. The van der Waals surface area contributed by atoms with E-state index in [1.54, 1.807) is 0 Å². The van der Waals surface area contributed by atoms with Gasteiger partial charge in [0.05, 0.1) is 25.5 Å². The van der Waals surface area contributed by atoms with E-state index in [-0.39, 0.29) is 38.4 Å². The second-order valence-electron chi connectivity index (χ2n) is 11.3. The smallest absolute Gasteiger partial charge is 0.238 e. The molecule has 43 heavy (non-hydrogen) atoms. The van der Waals surface area contributed by atoms with Gasteiger partial charge in [-0.15, -0.1) is 0 Å². The summed E-state index contributed by atoms with van der Waals surface area (Å²) in [5.41, 5.74) is 3.85. The van der Waals surface area contributed by atoms with Crippen LogP contribution in [-0.4, -0.2) is 99.4 Å². The number of halogens is 1. The van der Waals surface area contributed by atoms with Gasteiger partial charge in [-0.2, -0.15) is 4.31 Å². The van der Waals surface area contributed by atoms with Crippen molar-refractivity contribution in [3.8, 4) is 11.8 Å². The number of hydrogen-bond donors (Lipinski definition) is 3. The lowest BCUT2D eigenvalue weighted by Gasteiger charge is -2.26. The molecule has 0 saturated carbocycles. The molecule has 4 atom stereocenters. The number of carbonyl (C=O) groups excluding carboxylic acids is 2. The van der Waals surface area contributed by atoms with E-state index >= 15 is 0 Å². The molecule has 5 rings (SSSR count). The average molecular weight is 612 g/mol. The van der Waals surface area contributed by atoms with Crippen molar-refractivity contribution >= 4 is 21.8 Å². The van der Waals surface area contributed by atoms with Gasteiger partial charge in [-0.1, -0.05) is 36.1 Å². The summed E-state index contributed by atoms with van der Waals surface area (Å²) in [5.74, 6) is 5.53. The number of amides is 2. The fraction of sp³-hybridized carbons (Fsp3) is 0.484. The van der Waals surface area contributed by atoms with E-state index in [1.807, 2.05) is 36.4 Å². The molecule has 3 N–H and O–H groups in total. The van der Waals surface area contributed by atoms with E-state index in [4.69, 9.17) is 4.74 Å². The van der Waals surface area contributed by atoms with Crippen LogP contribution in [0.15, 0.2) is 48.5 Å². The number of nitrogens with one attached hydrogen (secondary N) is 3. The Morgan fingerprint density at radius 2 is 1.60 bits per heavy atom. The Morgan fingerprint density at radius 3 is 2.19 bits per heavy atom. The Balaban J connectivity index is 1.12. The summed E-state index contributed by atoms with van der Waals surface area (Å²) in [5, 5.41) is 8.42. The highest BCUT2D eigenvalue weighted by molar-refractivity contribution is 7.88. The van der Waals surface area contributed by atoms with Gasteiger partial charge in [0, 0.05) is 62.9 Å². The standard InChI is InChI=1S/C31H38FN5O5S/c1-43(40,41)37-21-27(35-30(38)28-16-26(32)19-33-28)17-29(37)31(39)34-18-24-8-4-22(5-9-24)2-3-23-6-10-25(11-7-23)20-36-12-14-42-15-13-36/h4-11,26-29,33H,12-21H2,1H3,(H,34,39)(H,35,38)/t26-,27+,28-,29+/m0/s1. The number of alkyl halides is 1. The van der Waals surface area contributed by atoms with Crippen molar-refractivity contribution in [2.45, 2.75) is 50.2 Å². The van der Waals surface area contributed by atoms with Gasteiger partial charge >= 0.3 is 0 Å². The number of ether oxygens (including phenoxy) is 1. The van der Waals surface area contributed by atoms with Crippen LogP contribution in [-0.2, 0) is 37.4 Å². The molecule has 0 spiro atoms. The zero-order chi connectivity index (χ0) is 30.4. The zero-order valence-corrected chi connectivity index (χ0v) is 25.0. The molecule has 12 heteroatoms. The minimum atomic E-state index is -3.70. The number of morpholine rings is 1. The van der Waals surface area contributed by atoms with Crippen molar-refractivity contribution in [3.63, 3.8) is 0 Å². The molecule has 2 aromatic carbocycles. The third-order valence-corrected chi connectivity index (χ3v) is 9.22. The molecule has 0 aromatic heterocycles. The van der Waals surface area contributed by atoms with E-state index in [0.717, 1.165) is 60.1 Å². The Kier molecular flexibility index (Phi) is 10.1. The summed E-state index contributed by atoms with van der Waals surface area (Å²) in [6, 6.07) is 13.6. The first-order valence-corrected chi connectivity index (χ1v) is 16.4. The lowest BCUT2D eigenvalue weighted by atomic mass is 10.1. The van der Waals surface area contributed by atoms with Crippen LogP contribution in [0.4, 0.5) is 4.39 Å². The molecule has 3 aliphatic rings. The molecule has 0 bridgehead atoms. The number of carbonyl (C=O) groups is 2. The van der Waals surface area contributed by atoms with E-state index in [0.29, 0.717) is 0 Å². The molecule has 3 aliphatic heterocycles.